The third kappa shape index (κ3) is 2.14. The molecular weight excluding hydrogens is 196 g/mol. The molecule has 3 rings (SSSR count). The summed E-state index contributed by atoms with van der Waals surface area (Å²) in [5.74, 6) is 1.01. The molecule has 3 fully saturated rings. The molecule has 1 saturated heterocycles. The van der Waals surface area contributed by atoms with Crippen LogP contribution in [0.2, 0.25) is 0 Å². The summed E-state index contributed by atoms with van der Waals surface area (Å²) in [5.41, 5.74) is 0.535. The van der Waals surface area contributed by atoms with E-state index in [2.05, 4.69) is 17.1 Å². The minimum Gasteiger partial charge on any atom is -0.311 e. The molecule has 3 aliphatic rings. The molecule has 0 amide bonds. The van der Waals surface area contributed by atoms with E-state index in [1.807, 2.05) is 0 Å². The molecule has 1 atom stereocenters. The van der Waals surface area contributed by atoms with Gasteiger partial charge in [-0.1, -0.05) is 19.3 Å². The second kappa shape index (κ2) is 4.30. The summed E-state index contributed by atoms with van der Waals surface area (Å²) in [4.78, 5) is 2.81. The van der Waals surface area contributed by atoms with Crippen molar-refractivity contribution < 1.29 is 0 Å². The predicted molar refractivity (Wildman–Crippen MR) is 67.6 cm³/mol. The van der Waals surface area contributed by atoms with Crippen LogP contribution in [0.1, 0.15) is 51.9 Å². The summed E-state index contributed by atoms with van der Waals surface area (Å²) in [6.45, 7) is 6.33. The Morgan fingerprint density at radius 2 is 1.88 bits per heavy atom. The Kier molecular flexibility index (Phi) is 2.97. The Morgan fingerprint density at radius 1 is 1.12 bits per heavy atom. The summed E-state index contributed by atoms with van der Waals surface area (Å²) in [6, 6.07) is 0.813. The molecule has 0 bridgehead atoms. The van der Waals surface area contributed by atoms with Gasteiger partial charge in [-0.3, -0.25) is 4.90 Å². The summed E-state index contributed by atoms with van der Waals surface area (Å²) in [7, 11) is 0. The Bertz CT molecular complexity index is 241. The summed E-state index contributed by atoms with van der Waals surface area (Å²) in [5, 5.41) is 3.73. The van der Waals surface area contributed by atoms with Crippen LogP contribution in [0.4, 0.5) is 0 Å². The van der Waals surface area contributed by atoms with E-state index in [-0.39, 0.29) is 0 Å². The molecule has 0 radical (unpaired) electrons. The second-order valence-corrected chi connectivity index (χ2v) is 6.40. The van der Waals surface area contributed by atoms with Crippen LogP contribution in [0.15, 0.2) is 0 Å². The van der Waals surface area contributed by atoms with E-state index in [4.69, 9.17) is 0 Å². The molecule has 0 aromatic carbocycles. The monoisotopic (exact) mass is 222 g/mol. The maximum Gasteiger partial charge on any atom is 0.0223 e. The Balaban J connectivity index is 1.63. The van der Waals surface area contributed by atoms with Crippen LogP contribution in [0.5, 0.6) is 0 Å². The number of nitrogens with zero attached hydrogens (tertiary/aromatic N) is 1. The van der Waals surface area contributed by atoms with Gasteiger partial charge in [0.25, 0.3) is 0 Å². The van der Waals surface area contributed by atoms with Crippen LogP contribution < -0.4 is 5.32 Å². The topological polar surface area (TPSA) is 15.3 Å². The van der Waals surface area contributed by atoms with Gasteiger partial charge in [0.2, 0.25) is 0 Å². The first kappa shape index (κ1) is 11.0. The van der Waals surface area contributed by atoms with E-state index in [0.717, 1.165) is 12.0 Å². The minimum atomic E-state index is 0.535. The average molecular weight is 222 g/mol. The number of piperazine rings is 1. The normalized spacial score (nSPS) is 36.2. The van der Waals surface area contributed by atoms with Crippen LogP contribution in [0.25, 0.3) is 0 Å². The van der Waals surface area contributed by atoms with Crippen molar-refractivity contribution in [3.63, 3.8) is 0 Å². The molecule has 1 heterocycles. The van der Waals surface area contributed by atoms with Crippen molar-refractivity contribution in [1.29, 1.82) is 0 Å². The lowest BCUT2D eigenvalue weighted by Gasteiger charge is -2.48. The van der Waals surface area contributed by atoms with Gasteiger partial charge < -0.3 is 5.32 Å². The molecule has 2 aliphatic carbocycles. The van der Waals surface area contributed by atoms with E-state index in [9.17, 15) is 0 Å². The lowest BCUT2D eigenvalue weighted by Crippen LogP contribution is -2.59. The zero-order valence-electron chi connectivity index (χ0n) is 10.7. The highest BCUT2D eigenvalue weighted by molar-refractivity contribution is 4.97. The first-order valence-corrected chi connectivity index (χ1v) is 7.26. The van der Waals surface area contributed by atoms with Crippen LogP contribution >= 0.6 is 0 Å². The Morgan fingerprint density at radius 3 is 2.56 bits per heavy atom. The largest absolute Gasteiger partial charge is 0.311 e. The van der Waals surface area contributed by atoms with Crippen molar-refractivity contribution in [2.24, 2.45) is 5.92 Å². The number of hydrogen-bond donors (Lipinski definition) is 1. The van der Waals surface area contributed by atoms with Crippen molar-refractivity contribution in [2.45, 2.75) is 63.5 Å². The fraction of sp³-hybridized carbons (Fsp3) is 1.00. The van der Waals surface area contributed by atoms with Crippen LogP contribution in [0.3, 0.4) is 0 Å². The maximum absolute atomic E-state index is 3.73. The Hall–Kier alpha value is -0.0800. The third-order valence-electron chi connectivity index (χ3n) is 5.09. The molecule has 1 aliphatic heterocycles. The Labute approximate surface area is 99.8 Å². The summed E-state index contributed by atoms with van der Waals surface area (Å²) in [6.07, 6.45) is 10.2. The van der Waals surface area contributed by atoms with Crippen molar-refractivity contribution in [1.82, 2.24) is 10.2 Å². The molecule has 2 saturated carbocycles. The van der Waals surface area contributed by atoms with Crippen LogP contribution in [-0.2, 0) is 0 Å². The zero-order chi connectivity index (χ0) is 11.0. The second-order valence-electron chi connectivity index (χ2n) is 6.40. The number of rotatable bonds is 2. The molecular formula is C14H26N2. The first-order valence-electron chi connectivity index (χ1n) is 7.26. The molecule has 0 spiro atoms. The van der Waals surface area contributed by atoms with Gasteiger partial charge in [0, 0.05) is 31.2 Å². The zero-order valence-corrected chi connectivity index (χ0v) is 10.7. The smallest absolute Gasteiger partial charge is 0.0223 e. The lowest BCUT2D eigenvalue weighted by atomic mass is 9.81. The number of nitrogens with one attached hydrogen (secondary N) is 1. The van der Waals surface area contributed by atoms with E-state index >= 15 is 0 Å². The molecule has 1 N–H and O–H groups in total. The van der Waals surface area contributed by atoms with Gasteiger partial charge in [0.1, 0.15) is 0 Å². The third-order valence-corrected chi connectivity index (χ3v) is 5.09. The van der Waals surface area contributed by atoms with Gasteiger partial charge in [-0.2, -0.15) is 0 Å². The lowest BCUT2D eigenvalue weighted by molar-refractivity contribution is 0.0360. The summed E-state index contributed by atoms with van der Waals surface area (Å²) < 4.78 is 0. The summed E-state index contributed by atoms with van der Waals surface area (Å²) >= 11 is 0. The highest BCUT2D eigenvalue weighted by Gasteiger charge is 2.40. The molecule has 16 heavy (non-hydrogen) atoms. The number of hydrogen-bond acceptors (Lipinski definition) is 2. The van der Waals surface area contributed by atoms with Gasteiger partial charge in [0.15, 0.2) is 0 Å². The van der Waals surface area contributed by atoms with E-state index in [0.29, 0.717) is 5.54 Å². The van der Waals surface area contributed by atoms with E-state index in [1.165, 1.54) is 64.6 Å². The van der Waals surface area contributed by atoms with Crippen molar-refractivity contribution in [2.75, 3.05) is 19.6 Å². The highest BCUT2D eigenvalue weighted by atomic mass is 15.3. The van der Waals surface area contributed by atoms with Crippen LogP contribution in [-0.4, -0.2) is 36.1 Å². The fourth-order valence-electron chi connectivity index (χ4n) is 3.71. The van der Waals surface area contributed by atoms with Gasteiger partial charge in [0.05, 0.1) is 0 Å². The highest BCUT2D eigenvalue weighted by Crippen LogP contribution is 2.38. The van der Waals surface area contributed by atoms with E-state index in [1.54, 1.807) is 0 Å². The molecule has 0 aromatic heterocycles. The standard InChI is InChI=1S/C14H26N2/c1-14(7-3-2-4-8-14)16-10-9-15-13(11-16)12-5-6-12/h12-13,15H,2-11H2,1H3. The molecule has 1 unspecified atom stereocenters. The van der Waals surface area contributed by atoms with Gasteiger partial charge in [-0.15, -0.1) is 0 Å². The van der Waals surface area contributed by atoms with Gasteiger partial charge in [-0.25, -0.2) is 0 Å². The first-order chi connectivity index (χ1) is 7.78. The quantitative estimate of drug-likeness (QED) is 0.772. The van der Waals surface area contributed by atoms with Crippen molar-refractivity contribution in [3.8, 4) is 0 Å². The predicted octanol–water partition coefficient (Wildman–Crippen LogP) is 2.39. The van der Waals surface area contributed by atoms with E-state index < -0.39 is 0 Å². The molecule has 0 aromatic rings. The minimum absolute atomic E-state index is 0.535. The average Bonchev–Trinajstić information content (AvgIpc) is 3.14. The SMILES string of the molecule is CC1(N2CCNC(C3CC3)C2)CCCCC1. The van der Waals surface area contributed by atoms with Gasteiger partial charge >= 0.3 is 0 Å². The maximum atomic E-state index is 3.73. The molecule has 2 nitrogen and oxygen atoms in total. The molecule has 2 heteroatoms. The van der Waals surface area contributed by atoms with Gasteiger partial charge in [-0.05, 0) is 38.5 Å². The van der Waals surface area contributed by atoms with Crippen LogP contribution in [0, 0.1) is 5.92 Å². The fourth-order valence-corrected chi connectivity index (χ4v) is 3.71. The van der Waals surface area contributed by atoms with Crippen molar-refractivity contribution in [3.05, 3.63) is 0 Å². The molecule has 92 valence electrons. The van der Waals surface area contributed by atoms with Crippen molar-refractivity contribution >= 4 is 0 Å².